The predicted molar refractivity (Wildman–Crippen MR) is 98.0 cm³/mol. The monoisotopic (exact) mass is 364 g/mol. The van der Waals surface area contributed by atoms with Crippen LogP contribution in [0.25, 0.3) is 0 Å². The van der Waals surface area contributed by atoms with Gasteiger partial charge >= 0.3 is 0 Å². The van der Waals surface area contributed by atoms with Gasteiger partial charge in [-0.1, -0.05) is 13.1 Å². The smallest absolute Gasteiger partial charge is 0.0727 e. The maximum Gasteiger partial charge on any atom is 0.0727 e. The van der Waals surface area contributed by atoms with Crippen molar-refractivity contribution in [3.63, 3.8) is 0 Å². The van der Waals surface area contributed by atoms with Crippen LogP contribution in [-0.4, -0.2) is 21.8 Å². The first-order chi connectivity index (χ1) is 5.14. The van der Waals surface area contributed by atoms with Crippen LogP contribution in [0.2, 0.25) is 13.1 Å². The van der Waals surface area contributed by atoms with Gasteiger partial charge in [-0.2, -0.15) is 6.08 Å². The molecule has 0 unspecified atom stereocenters. The number of allylic oxidation sites excluding steroid dienone is 4. The molecule has 0 atom stereocenters. The summed E-state index contributed by atoms with van der Waals surface area (Å²) in [5.41, 5.74) is 0. The first kappa shape index (κ1) is 50.5. The summed E-state index contributed by atoms with van der Waals surface area (Å²) in [6, 6.07) is 0. The van der Waals surface area contributed by atoms with Crippen LogP contribution in [0, 0.1) is 35.8 Å². The van der Waals surface area contributed by atoms with E-state index in [4.69, 9.17) is 0 Å². The molecule has 1 aliphatic rings. The quantitative estimate of drug-likeness (QED) is 0.307. The van der Waals surface area contributed by atoms with E-state index in [0.29, 0.717) is 7.47 Å². The Balaban J connectivity index is -0.0000000134. The van der Waals surface area contributed by atoms with E-state index in [9.17, 15) is 0 Å². The van der Waals surface area contributed by atoms with Crippen molar-refractivity contribution in [1.82, 2.24) is 0 Å². The van der Waals surface area contributed by atoms with E-state index < -0.39 is 0 Å². The summed E-state index contributed by atoms with van der Waals surface area (Å²) >= 11 is 0. The molecule has 0 aromatic rings. The van der Waals surface area contributed by atoms with Gasteiger partial charge < -0.3 is 29.7 Å². The second-order valence-electron chi connectivity index (χ2n) is 2.84. The first-order valence-electron chi connectivity index (χ1n) is 3.84. The molecule has 0 nitrogen and oxygen atoms in total. The largest absolute Gasteiger partial charge is 0.358 e. The van der Waals surface area contributed by atoms with Gasteiger partial charge in [0.25, 0.3) is 0 Å². The predicted octanol–water partition coefficient (Wildman–Crippen LogP) is 5.93. The summed E-state index contributed by atoms with van der Waals surface area (Å²) in [5, 5.41) is 0. The molecule has 0 amide bonds. The summed E-state index contributed by atoms with van der Waals surface area (Å²) in [6.45, 7) is 9.44. The average Bonchev–Trinajstić information content (AvgIpc) is 2.41. The molecule has 18 heavy (non-hydrogen) atoms. The molecule has 0 bridgehead atoms. The van der Waals surface area contributed by atoms with Crippen LogP contribution < -0.4 is 0 Å². The van der Waals surface area contributed by atoms with E-state index in [2.05, 4.69) is 38.6 Å². The van der Waals surface area contributed by atoms with E-state index in [1.807, 2.05) is 12.2 Å². The molecule has 0 saturated carbocycles. The zero-order valence-electron chi connectivity index (χ0n) is 13.2. The van der Waals surface area contributed by atoms with Crippen LogP contribution >= 0.6 is 32.3 Å². The molecule has 115 valence electrons. The van der Waals surface area contributed by atoms with Crippen molar-refractivity contribution in [1.29, 1.82) is 0 Å². The van der Waals surface area contributed by atoms with Crippen LogP contribution in [-0.2, 0) is 21.7 Å². The average molecular weight is 365 g/mol. The van der Waals surface area contributed by atoms with Crippen LogP contribution in [0.15, 0.2) is 18.2 Å². The molecule has 0 aromatic carbocycles. The minimum absolute atomic E-state index is 0. The molecular formula is C13H31Cl2PSiTi-5. The summed E-state index contributed by atoms with van der Waals surface area (Å²) in [6.07, 6.45) is 10.0. The number of hydrogen-bond donors (Lipinski definition) is 0. The molecule has 0 aliphatic heterocycles. The standard InChI is InChI=1S/C5H5.C4H12PSi.4CH3.2ClH.Ti/c1-2-4-5-3-1;1-5(2)6(3)4;;;;;;;/h1-3H,4H2;1-4H3;4*1H3;2*1H;/q-1;;4*-1;;;. The molecule has 1 aliphatic carbocycles. The van der Waals surface area contributed by atoms with Crippen molar-refractivity contribution < 1.29 is 21.7 Å². The molecular weight excluding hydrogens is 334 g/mol. The fraction of sp³-hybridized carbons (Fsp3) is 0.385. The number of rotatable bonds is 1. The first-order valence-corrected chi connectivity index (χ1v) is 9.41. The number of hydrogen-bond acceptors (Lipinski definition) is 0. The molecule has 5 heteroatoms. The Labute approximate surface area is 148 Å². The Hall–Kier alpha value is 1.42. The maximum atomic E-state index is 2.99. The molecule has 0 aromatic heterocycles. The second kappa shape index (κ2) is 36.2. The Morgan fingerprint density at radius 2 is 1.33 bits per heavy atom. The third-order valence-electron chi connectivity index (χ3n) is 1.48. The molecule has 0 N–H and O–H groups in total. The fourth-order valence-corrected chi connectivity index (χ4v) is 0.340. The van der Waals surface area contributed by atoms with Gasteiger partial charge in [0.1, 0.15) is 0 Å². The van der Waals surface area contributed by atoms with E-state index in [-0.39, 0.29) is 84.7 Å². The van der Waals surface area contributed by atoms with E-state index in [1.165, 1.54) is 0 Å². The molecule has 1 rings (SSSR count). The van der Waals surface area contributed by atoms with Crippen LogP contribution in [0.1, 0.15) is 6.42 Å². The van der Waals surface area contributed by atoms with Crippen molar-refractivity contribution in [2.75, 3.05) is 13.3 Å². The van der Waals surface area contributed by atoms with Gasteiger partial charge in [0.15, 0.2) is 0 Å². The fourth-order valence-electron chi connectivity index (χ4n) is 0.340. The third kappa shape index (κ3) is 43.3. The summed E-state index contributed by atoms with van der Waals surface area (Å²) in [7, 11) is 0.556. The van der Waals surface area contributed by atoms with Crippen molar-refractivity contribution in [2.24, 2.45) is 0 Å². The minimum atomic E-state index is 0. The van der Waals surface area contributed by atoms with Gasteiger partial charge in [-0.3, -0.25) is 6.08 Å². The molecule has 0 heterocycles. The Bertz CT molecular complexity index is 136. The van der Waals surface area contributed by atoms with Crippen molar-refractivity contribution in [3.8, 4) is 0 Å². The third-order valence-corrected chi connectivity index (χ3v) is 8.64. The number of halogens is 2. The molecule has 1 radical (unpaired) electrons. The van der Waals surface area contributed by atoms with Gasteiger partial charge in [0, 0.05) is 21.7 Å². The zero-order valence-corrected chi connectivity index (χ0v) is 18.3. The Morgan fingerprint density at radius 1 is 1.00 bits per heavy atom. The Kier molecular flexibility index (Phi) is 102. The topological polar surface area (TPSA) is 0 Å². The van der Waals surface area contributed by atoms with E-state index in [1.54, 1.807) is 0 Å². The van der Waals surface area contributed by atoms with Crippen LogP contribution in [0.5, 0.6) is 0 Å². The van der Waals surface area contributed by atoms with E-state index in [0.717, 1.165) is 6.42 Å². The maximum absolute atomic E-state index is 2.99. The van der Waals surface area contributed by atoms with Gasteiger partial charge in [-0.15, -0.1) is 38.7 Å². The van der Waals surface area contributed by atoms with Gasteiger partial charge in [-0.05, 0) is 13.3 Å². The van der Waals surface area contributed by atoms with Gasteiger partial charge in [-0.25, -0.2) is 12.2 Å². The Morgan fingerprint density at radius 3 is 1.39 bits per heavy atom. The van der Waals surface area contributed by atoms with Crippen molar-refractivity contribution in [3.05, 3.63) is 54.0 Å². The summed E-state index contributed by atoms with van der Waals surface area (Å²) in [5.74, 6) is 0. The van der Waals surface area contributed by atoms with Gasteiger partial charge in [0.2, 0.25) is 0 Å². The second-order valence-corrected chi connectivity index (χ2v) is 11.9. The van der Waals surface area contributed by atoms with Crippen LogP contribution in [0.4, 0.5) is 0 Å². The summed E-state index contributed by atoms with van der Waals surface area (Å²) in [4.78, 5) is 0. The minimum Gasteiger partial charge on any atom is -0.358 e. The van der Waals surface area contributed by atoms with Gasteiger partial charge in [0.05, 0.1) is 8.46 Å². The normalized spacial score (nSPS) is 8.56. The molecule has 0 spiro atoms. The molecule has 0 fully saturated rings. The zero-order chi connectivity index (χ0) is 8.69. The van der Waals surface area contributed by atoms with Crippen molar-refractivity contribution >= 4 is 40.7 Å². The SMILES string of the molecule is C[Si](C)P(C)C.Cl.Cl.[C-]1=CC=CC1.[CH3-].[CH3-].[CH3-].[CH3-].[Ti]. The van der Waals surface area contributed by atoms with Crippen molar-refractivity contribution in [2.45, 2.75) is 19.5 Å². The van der Waals surface area contributed by atoms with E-state index >= 15 is 0 Å². The van der Waals surface area contributed by atoms with Crippen LogP contribution in [0.3, 0.4) is 0 Å². The summed E-state index contributed by atoms with van der Waals surface area (Å²) < 4.78 is 0. The molecule has 0 saturated heterocycles.